The molecular weight excluding hydrogens is 338 g/mol. The highest BCUT2D eigenvalue weighted by Crippen LogP contribution is 2.24. The van der Waals surface area contributed by atoms with E-state index in [4.69, 9.17) is 24.2 Å². The van der Waals surface area contributed by atoms with E-state index in [1.54, 1.807) is 32.9 Å². The van der Waals surface area contributed by atoms with Crippen molar-refractivity contribution in [1.29, 1.82) is 5.26 Å². The van der Waals surface area contributed by atoms with Crippen molar-refractivity contribution in [2.45, 2.75) is 27.1 Å². The zero-order valence-electron chi connectivity index (χ0n) is 15.4. The Morgan fingerprint density at radius 2 is 1.81 bits per heavy atom. The van der Waals surface area contributed by atoms with Crippen molar-refractivity contribution >= 4 is 17.8 Å². The predicted molar refractivity (Wildman–Crippen MR) is 94.4 cm³/mol. The summed E-state index contributed by atoms with van der Waals surface area (Å²) in [5.74, 6) is -1.07. The van der Waals surface area contributed by atoms with Crippen LogP contribution in [-0.2, 0) is 23.8 Å². The van der Waals surface area contributed by atoms with Gasteiger partial charge in [0.25, 0.3) is 0 Å². The van der Waals surface area contributed by atoms with E-state index in [0.717, 1.165) is 0 Å². The molecule has 1 aromatic carbocycles. The molecule has 0 aliphatic carbocycles. The Morgan fingerprint density at radius 1 is 1.15 bits per heavy atom. The molecule has 7 heteroatoms. The maximum Gasteiger partial charge on any atom is 0.341 e. The molecule has 1 rings (SSSR count). The van der Waals surface area contributed by atoms with Crippen molar-refractivity contribution in [2.75, 3.05) is 26.9 Å². The number of methoxy groups -OCH3 is 1. The molecule has 0 amide bonds. The van der Waals surface area contributed by atoms with Gasteiger partial charge in [0.15, 0.2) is 0 Å². The maximum atomic E-state index is 12.8. The number of Topliss-reactive ketones (excluding diaryl/α,β-unsaturated/α-hetero) is 1. The number of ketones is 1. The molecular formula is C19H23NO6. The molecule has 1 aromatic rings. The molecule has 0 aliphatic heterocycles. The van der Waals surface area contributed by atoms with E-state index in [9.17, 15) is 9.59 Å². The van der Waals surface area contributed by atoms with Gasteiger partial charge in [-0.15, -0.1) is 0 Å². The standard InChI is InChI=1S/C19H23NO6/c1-5-24-18(22)15(17(21)19(25-6-2)26-7-3)11-14-9-8-13(12-20)10-16(14)23-4/h8-11,19H,5-7H2,1-4H3/b15-11-. The third kappa shape index (κ3) is 5.69. The number of esters is 1. The van der Waals surface area contributed by atoms with E-state index in [0.29, 0.717) is 16.9 Å². The van der Waals surface area contributed by atoms with Crippen LogP contribution in [0.15, 0.2) is 23.8 Å². The van der Waals surface area contributed by atoms with Crippen LogP contribution in [0.4, 0.5) is 0 Å². The molecule has 0 atom stereocenters. The second-order valence-electron chi connectivity index (χ2n) is 4.95. The summed E-state index contributed by atoms with van der Waals surface area (Å²) in [6.45, 7) is 5.68. The number of carbonyl (C=O) groups excluding carboxylic acids is 2. The molecule has 0 aliphatic rings. The fraction of sp³-hybridized carbons (Fsp3) is 0.421. The molecule has 0 N–H and O–H groups in total. The first-order chi connectivity index (χ1) is 12.5. The van der Waals surface area contributed by atoms with Crippen LogP contribution in [-0.4, -0.2) is 45.0 Å². The van der Waals surface area contributed by atoms with Gasteiger partial charge in [-0.05, 0) is 45.0 Å². The normalized spacial score (nSPS) is 11.2. The van der Waals surface area contributed by atoms with Gasteiger partial charge in [-0.2, -0.15) is 5.26 Å². The van der Waals surface area contributed by atoms with E-state index in [-0.39, 0.29) is 25.4 Å². The summed E-state index contributed by atoms with van der Waals surface area (Å²) in [6, 6.07) is 6.66. The van der Waals surface area contributed by atoms with Gasteiger partial charge in [0.05, 0.1) is 25.3 Å². The van der Waals surface area contributed by atoms with Crippen molar-refractivity contribution in [1.82, 2.24) is 0 Å². The van der Waals surface area contributed by atoms with Gasteiger partial charge in [0.1, 0.15) is 11.3 Å². The molecule has 0 unspecified atom stereocenters. The quantitative estimate of drug-likeness (QED) is 0.208. The van der Waals surface area contributed by atoms with Crippen LogP contribution in [0.25, 0.3) is 6.08 Å². The molecule has 26 heavy (non-hydrogen) atoms. The highest BCUT2D eigenvalue weighted by atomic mass is 16.7. The van der Waals surface area contributed by atoms with E-state index >= 15 is 0 Å². The second-order valence-corrected chi connectivity index (χ2v) is 4.95. The summed E-state index contributed by atoms with van der Waals surface area (Å²) < 4.78 is 20.8. The van der Waals surface area contributed by atoms with Crippen molar-refractivity contribution in [2.24, 2.45) is 0 Å². The molecule has 0 spiro atoms. The van der Waals surface area contributed by atoms with E-state index in [1.165, 1.54) is 19.3 Å². The number of rotatable bonds is 10. The lowest BCUT2D eigenvalue weighted by Gasteiger charge is -2.17. The number of benzene rings is 1. The highest BCUT2D eigenvalue weighted by molar-refractivity contribution is 6.22. The number of nitriles is 1. The Labute approximate surface area is 153 Å². The van der Waals surface area contributed by atoms with Crippen LogP contribution in [0.5, 0.6) is 5.75 Å². The van der Waals surface area contributed by atoms with Crippen LogP contribution in [0.1, 0.15) is 31.9 Å². The van der Waals surface area contributed by atoms with E-state index < -0.39 is 18.0 Å². The van der Waals surface area contributed by atoms with Crippen molar-refractivity contribution in [3.05, 3.63) is 34.9 Å². The average molecular weight is 361 g/mol. The minimum Gasteiger partial charge on any atom is -0.496 e. The number of carbonyl (C=O) groups is 2. The number of hydrogen-bond donors (Lipinski definition) is 0. The summed E-state index contributed by atoms with van der Waals surface area (Å²) in [6.07, 6.45) is 0.149. The summed E-state index contributed by atoms with van der Waals surface area (Å²) >= 11 is 0. The molecule has 0 aromatic heterocycles. The first-order valence-corrected chi connectivity index (χ1v) is 8.26. The average Bonchev–Trinajstić information content (AvgIpc) is 2.65. The molecule has 140 valence electrons. The van der Waals surface area contributed by atoms with Gasteiger partial charge >= 0.3 is 5.97 Å². The first-order valence-electron chi connectivity index (χ1n) is 8.26. The number of nitrogens with zero attached hydrogens (tertiary/aromatic N) is 1. The Hall–Kier alpha value is -2.69. The van der Waals surface area contributed by atoms with Crippen LogP contribution < -0.4 is 4.74 Å². The summed E-state index contributed by atoms with van der Waals surface area (Å²) in [7, 11) is 1.43. The van der Waals surface area contributed by atoms with Crippen LogP contribution in [0, 0.1) is 11.3 Å². The largest absolute Gasteiger partial charge is 0.496 e. The lowest BCUT2D eigenvalue weighted by molar-refractivity contribution is -0.165. The minimum atomic E-state index is -1.20. The Kier molecular flexibility index (Phi) is 9.06. The van der Waals surface area contributed by atoms with E-state index in [2.05, 4.69) is 0 Å². The topological polar surface area (TPSA) is 94.9 Å². The van der Waals surface area contributed by atoms with Crippen molar-refractivity contribution in [3.63, 3.8) is 0 Å². The van der Waals surface area contributed by atoms with Gasteiger partial charge in [0, 0.05) is 18.8 Å². The summed E-state index contributed by atoms with van der Waals surface area (Å²) in [4.78, 5) is 25.1. The van der Waals surface area contributed by atoms with Gasteiger partial charge in [0.2, 0.25) is 12.1 Å². The first kappa shape index (κ1) is 21.4. The molecule has 0 saturated heterocycles. The highest BCUT2D eigenvalue weighted by Gasteiger charge is 2.29. The maximum absolute atomic E-state index is 12.8. The smallest absolute Gasteiger partial charge is 0.341 e. The monoisotopic (exact) mass is 361 g/mol. The number of hydrogen-bond acceptors (Lipinski definition) is 7. The zero-order chi connectivity index (χ0) is 19.5. The van der Waals surface area contributed by atoms with Gasteiger partial charge in [-0.25, -0.2) is 4.79 Å². The molecule has 0 radical (unpaired) electrons. The van der Waals surface area contributed by atoms with Crippen LogP contribution in [0.3, 0.4) is 0 Å². The Balaban J connectivity index is 3.37. The molecule has 7 nitrogen and oxygen atoms in total. The van der Waals surface area contributed by atoms with E-state index in [1.807, 2.05) is 6.07 Å². The molecule has 0 saturated carbocycles. The summed E-state index contributed by atoms with van der Waals surface area (Å²) in [5, 5.41) is 8.99. The second kappa shape index (κ2) is 11.0. The third-order valence-corrected chi connectivity index (χ3v) is 3.27. The fourth-order valence-corrected chi connectivity index (χ4v) is 2.12. The molecule has 0 heterocycles. The molecule has 0 bridgehead atoms. The molecule has 0 fully saturated rings. The number of ether oxygens (including phenoxy) is 4. The van der Waals surface area contributed by atoms with Crippen molar-refractivity contribution in [3.8, 4) is 11.8 Å². The van der Waals surface area contributed by atoms with Gasteiger partial charge in [-0.3, -0.25) is 4.79 Å². The Bertz CT molecular complexity index is 698. The SMILES string of the molecule is CCOC(=O)/C(=C\c1ccc(C#N)cc1OC)C(=O)C(OCC)OCC. The van der Waals surface area contributed by atoms with Crippen LogP contribution >= 0.6 is 0 Å². The predicted octanol–water partition coefficient (Wildman–Crippen LogP) is 2.48. The zero-order valence-corrected chi connectivity index (χ0v) is 15.4. The fourth-order valence-electron chi connectivity index (χ4n) is 2.12. The third-order valence-electron chi connectivity index (χ3n) is 3.27. The lowest BCUT2D eigenvalue weighted by Crippen LogP contribution is -2.32. The minimum absolute atomic E-state index is 0.113. The summed E-state index contributed by atoms with van der Waals surface area (Å²) in [5.41, 5.74) is 0.626. The van der Waals surface area contributed by atoms with Gasteiger partial charge < -0.3 is 18.9 Å². The van der Waals surface area contributed by atoms with Gasteiger partial charge in [-0.1, -0.05) is 0 Å². The van der Waals surface area contributed by atoms with Crippen LogP contribution in [0.2, 0.25) is 0 Å². The lowest BCUT2D eigenvalue weighted by atomic mass is 10.0. The Morgan fingerprint density at radius 3 is 2.31 bits per heavy atom. The van der Waals surface area contributed by atoms with Crippen molar-refractivity contribution < 1.29 is 28.5 Å².